The van der Waals surface area contributed by atoms with E-state index in [1.165, 1.54) is 43.0 Å². The predicted octanol–water partition coefficient (Wildman–Crippen LogP) is 19.9. The number of nitrogens with two attached hydrogens (primary N) is 2. The third-order valence-corrected chi connectivity index (χ3v) is 20.5. The van der Waals surface area contributed by atoms with Crippen molar-refractivity contribution in [3.8, 4) is 49.0 Å². The molecule has 10 aromatic rings. The summed E-state index contributed by atoms with van der Waals surface area (Å²) in [5.41, 5.74) is 17.4. The molecule has 0 radical (unpaired) electrons. The molecule has 5 atom stereocenters. The first-order chi connectivity index (χ1) is 56.8. The molecule has 0 spiro atoms. The molecule has 0 saturated heterocycles. The minimum absolute atomic E-state index is 0.000520. The summed E-state index contributed by atoms with van der Waals surface area (Å²) in [7, 11) is 4.28. The first-order valence-corrected chi connectivity index (χ1v) is 42.1. The fourth-order valence-electron chi connectivity index (χ4n) is 9.84. The van der Waals surface area contributed by atoms with Crippen molar-refractivity contribution in [1.29, 1.82) is 0 Å². The molecule has 0 unspecified atom stereocenters. The fraction of sp³-hybridized carbons (Fsp3) is 0.279. The second kappa shape index (κ2) is 52.9. The molecular weight excluding hydrogens is 1810 g/mol. The molecule has 0 aliphatic carbocycles. The molecule has 1 amide bonds. The first-order valence-electron chi connectivity index (χ1n) is 36.4. The third-order valence-electron chi connectivity index (χ3n) is 15.9. The standard InChI is InChI=1S/C24H25ClN2O3S.C16H10ClF5O3.C13H13NO2S.C12H12N2O2S.C7H11BrO3.C7H11BrO2.C7H7NS/c1-15(2)30-22-10-9-17(12-20(22)25)21(28)13-18(23(29)26-3)11-19-14-31-24(27-19)16-7-5-4-6-8-16;1-6(2)24-9-4-3-7(5-8(9)17)16(23)25-15-13(21)11(19)10(18)12(20)14(15)22;1-9(13(15)16)7-11-8-17-12(14-11)10-5-3-2-4-6-10;13-10(12(15)16)6-9-7-17-11(14-9)8-4-2-1-3-5-8;1-5(7(10)11-2)3-6(9)4-8;1-5(4-6(2)8)7(9)10-3;8-7(9)6-4-2-1-3-5-6/h4-10,12,14-15,18H,11,13H2,1-3H3,(H,26,29);3-6H,1-2H3;2-6,8-9H,7H2,1H3,(H,15,16);1-5,7,10H,6,13H2,(H,15,16);5H,3-4H2,1-2H3;5H,2,4H2,1,3H3;1-5H,(H2,8,9)/t18-;;9-;10-;2*5-;/m1.0000./s1. The van der Waals surface area contributed by atoms with Gasteiger partial charge in [-0.3, -0.25) is 33.6 Å². The largest absolute Gasteiger partial charge is 0.489 e. The van der Waals surface area contributed by atoms with Crippen LogP contribution in [0.2, 0.25) is 10.0 Å². The van der Waals surface area contributed by atoms with Crippen molar-refractivity contribution in [3.63, 3.8) is 0 Å². The van der Waals surface area contributed by atoms with Gasteiger partial charge in [-0.05, 0) is 75.0 Å². The van der Waals surface area contributed by atoms with Gasteiger partial charge in [-0.15, -0.1) is 34.0 Å². The van der Waals surface area contributed by atoms with Crippen molar-refractivity contribution in [2.24, 2.45) is 35.1 Å². The van der Waals surface area contributed by atoms with Gasteiger partial charge in [-0.1, -0.05) is 216 Å². The number of rotatable bonds is 29. The lowest BCUT2D eigenvalue weighted by atomic mass is 9.93. The highest BCUT2D eigenvalue weighted by atomic mass is 79.9. The number of thiocarbonyl (C=S) groups is 1. The van der Waals surface area contributed by atoms with Crippen molar-refractivity contribution < 1.29 is 94.2 Å². The Kier molecular flexibility index (Phi) is 45.1. The Bertz CT molecular complexity index is 4920. The molecule has 640 valence electrons. The van der Waals surface area contributed by atoms with E-state index in [2.05, 4.69) is 72.9 Å². The van der Waals surface area contributed by atoms with Crippen LogP contribution in [0.5, 0.6) is 17.2 Å². The number of alkyl halides is 1. The van der Waals surface area contributed by atoms with Gasteiger partial charge in [0.2, 0.25) is 40.7 Å². The Hall–Kier alpha value is -10.0. The number of hydrogen-bond acceptors (Lipinski definition) is 21. The number of nitrogens with one attached hydrogen (secondary N) is 1. The molecule has 7 N–H and O–H groups in total. The summed E-state index contributed by atoms with van der Waals surface area (Å²) >= 11 is 27.7. The van der Waals surface area contributed by atoms with Crippen LogP contribution in [0.3, 0.4) is 0 Å². The maximum atomic E-state index is 13.5. The lowest BCUT2D eigenvalue weighted by Crippen LogP contribution is -2.32. The molecule has 10 rings (SSSR count). The summed E-state index contributed by atoms with van der Waals surface area (Å²) in [6.45, 7) is 16.1. The number of carbonyl (C=O) groups is 8. The number of hydrogen-bond donors (Lipinski definition) is 5. The van der Waals surface area contributed by atoms with Crippen LogP contribution in [0.4, 0.5) is 22.0 Å². The van der Waals surface area contributed by atoms with E-state index in [1.54, 1.807) is 71.2 Å². The number of aliphatic carboxylic acids is 2. The van der Waals surface area contributed by atoms with E-state index < -0.39 is 64.7 Å². The van der Waals surface area contributed by atoms with E-state index in [4.69, 9.17) is 66.6 Å². The molecule has 0 aliphatic rings. The number of halogens is 9. The smallest absolute Gasteiger partial charge is 0.343 e. The molecule has 7 aromatic carbocycles. The number of nitrogens with zero attached hydrogens (tertiary/aromatic N) is 3. The minimum Gasteiger partial charge on any atom is -0.489 e. The number of Topliss-reactive ketones (excluding diaryl/α,β-unsaturated/α-hetero) is 2. The quantitative estimate of drug-likeness (QED) is 0.00425. The van der Waals surface area contributed by atoms with Gasteiger partial charge in [-0.25, -0.2) is 32.9 Å². The summed E-state index contributed by atoms with van der Waals surface area (Å²) < 4.78 is 91.3. The highest BCUT2D eigenvalue weighted by Gasteiger charge is 2.30. The number of carbonyl (C=O) groups excluding carboxylic acids is 6. The Labute approximate surface area is 736 Å². The normalized spacial score (nSPS) is 11.7. The van der Waals surface area contributed by atoms with Crippen molar-refractivity contribution in [2.75, 3.05) is 26.6 Å². The molecule has 3 heterocycles. The van der Waals surface area contributed by atoms with Crippen LogP contribution in [0, 0.1) is 52.8 Å². The summed E-state index contributed by atoms with van der Waals surface area (Å²) in [5, 5.41) is 29.4. The number of carboxylic acid groups (broad SMARTS) is 2. The number of allylic oxidation sites excluding steroid dienone is 1. The number of amides is 1. The third kappa shape index (κ3) is 35.3. The summed E-state index contributed by atoms with van der Waals surface area (Å²) in [4.78, 5) is 105. The Balaban J connectivity index is 0.000000307. The van der Waals surface area contributed by atoms with Gasteiger partial charge in [0.1, 0.15) is 43.3 Å². The van der Waals surface area contributed by atoms with Crippen molar-refractivity contribution in [1.82, 2.24) is 20.3 Å². The van der Waals surface area contributed by atoms with E-state index in [0.717, 1.165) is 71.0 Å². The number of esters is 3. The number of methoxy groups -OCH3 is 2. The van der Waals surface area contributed by atoms with Gasteiger partial charge in [0.25, 0.3) is 0 Å². The first kappa shape index (κ1) is 102. The predicted molar refractivity (Wildman–Crippen MR) is 469 cm³/mol. The number of ether oxygens (including phenoxy) is 5. The van der Waals surface area contributed by atoms with Gasteiger partial charge in [0.15, 0.2) is 5.78 Å². The number of aromatic nitrogens is 3. The van der Waals surface area contributed by atoms with Crippen molar-refractivity contribution >= 4 is 154 Å². The van der Waals surface area contributed by atoms with Crippen molar-refractivity contribution in [2.45, 2.75) is 105 Å². The Morgan fingerprint density at radius 3 is 1.27 bits per heavy atom. The highest BCUT2D eigenvalue weighted by molar-refractivity contribution is 9.11. The molecular formula is C86H89Br2Cl2F5N6O15S4. The van der Waals surface area contributed by atoms with Crippen LogP contribution in [0.25, 0.3) is 31.7 Å². The molecule has 3 aromatic heterocycles. The topological polar surface area (TPSA) is 326 Å². The van der Waals surface area contributed by atoms with Crippen LogP contribution in [0.15, 0.2) is 185 Å². The van der Waals surface area contributed by atoms with E-state index in [9.17, 15) is 60.3 Å². The van der Waals surface area contributed by atoms with Crippen LogP contribution in [0.1, 0.15) is 111 Å². The van der Waals surface area contributed by atoms with Crippen LogP contribution >= 0.6 is 101 Å². The fourth-order valence-corrected chi connectivity index (χ4v) is 13.7. The Morgan fingerprint density at radius 1 is 0.533 bits per heavy atom. The van der Waals surface area contributed by atoms with Gasteiger partial charge < -0.3 is 50.7 Å². The number of ketones is 2. The average Bonchev–Trinajstić information content (AvgIpc) is 0.928. The summed E-state index contributed by atoms with van der Waals surface area (Å²) in [6, 6.07) is 46.7. The molecule has 0 aliphatic heterocycles. The monoisotopic (exact) mass is 1900 g/mol. The maximum Gasteiger partial charge on any atom is 0.343 e. The van der Waals surface area contributed by atoms with Gasteiger partial charge in [0, 0.05) is 83.1 Å². The van der Waals surface area contributed by atoms with Crippen LogP contribution in [-0.4, -0.2) is 122 Å². The zero-order valence-corrected chi connectivity index (χ0v) is 74.6. The number of carboxylic acids is 2. The summed E-state index contributed by atoms with van der Waals surface area (Å²) in [6.07, 6.45) is 1.86. The molecule has 0 bridgehead atoms. The van der Waals surface area contributed by atoms with Crippen LogP contribution in [-0.2, 0) is 57.5 Å². The second-order valence-electron chi connectivity index (χ2n) is 26.4. The van der Waals surface area contributed by atoms with E-state index in [1.807, 2.05) is 151 Å². The lowest BCUT2D eigenvalue weighted by molar-refractivity contribution is -0.146. The minimum atomic E-state index is -2.35. The summed E-state index contributed by atoms with van der Waals surface area (Å²) in [5.74, 6) is -17.5. The van der Waals surface area contributed by atoms with Gasteiger partial charge in [0.05, 0.1) is 88.1 Å². The average molecular weight is 1900 g/mol. The van der Waals surface area contributed by atoms with E-state index in [0.29, 0.717) is 45.9 Å². The molecule has 0 fully saturated rings. The number of thiazole rings is 3. The zero-order valence-electron chi connectivity index (χ0n) is 66.7. The lowest BCUT2D eigenvalue weighted by Gasteiger charge is -2.15. The Morgan fingerprint density at radius 2 is 0.917 bits per heavy atom. The van der Waals surface area contributed by atoms with E-state index in [-0.39, 0.29) is 95.0 Å². The molecule has 120 heavy (non-hydrogen) atoms. The van der Waals surface area contributed by atoms with E-state index >= 15 is 0 Å². The van der Waals surface area contributed by atoms with Crippen LogP contribution < -0.4 is 31.0 Å². The zero-order chi connectivity index (χ0) is 89.5. The highest BCUT2D eigenvalue weighted by Crippen LogP contribution is 2.34. The maximum absolute atomic E-state index is 13.5. The second-order valence-corrected chi connectivity index (χ2v) is 31.9. The molecule has 0 saturated carbocycles. The molecule has 21 nitrogen and oxygen atoms in total. The SMILES string of the molecule is C=C(Br)C[C@H](C)C(=O)OC.CC(C)Oc1ccc(C(=O)Oc2c(F)c(F)c(F)c(F)c2F)cc1Cl.CNC(=O)[C@@H](CC(=O)c1ccc(OC(C)C)c(Cl)c1)Cc1csc(-c2ccccc2)n1.COC(=O)[C@@H](C)CC(=O)CBr.C[C@@H](Cc1csc(-c2ccccc2)n1)C(=O)O.NC(=S)c1ccccc1.N[C@@H](Cc1csc(-c2ccccc2)n1)C(=O)O. The van der Waals surface area contributed by atoms with Gasteiger partial charge in [-0.2, -0.15) is 8.78 Å². The molecule has 34 heteroatoms. The number of benzene rings is 7. The van der Waals surface area contributed by atoms with Gasteiger partial charge >= 0.3 is 29.8 Å². The van der Waals surface area contributed by atoms with Crippen molar-refractivity contribution in [3.05, 3.63) is 258 Å².